The molecule has 0 radical (unpaired) electrons. The van der Waals surface area contributed by atoms with Crippen molar-refractivity contribution in [3.63, 3.8) is 0 Å². The molecule has 0 aliphatic rings. The fourth-order valence-electron chi connectivity index (χ4n) is 2.19. The average molecular weight is 345 g/mol. The molecule has 0 saturated heterocycles. The summed E-state index contributed by atoms with van der Waals surface area (Å²) < 4.78 is 5.19. The van der Waals surface area contributed by atoms with Crippen LogP contribution in [-0.4, -0.2) is 13.7 Å². The van der Waals surface area contributed by atoms with E-state index < -0.39 is 0 Å². The minimum absolute atomic E-state index is 0.0526. The zero-order valence-electron chi connectivity index (χ0n) is 11.8. The van der Waals surface area contributed by atoms with Gasteiger partial charge in [-0.25, -0.2) is 0 Å². The monoisotopic (exact) mass is 343 g/mol. The molecule has 0 aliphatic carbocycles. The first-order valence-electron chi connectivity index (χ1n) is 6.58. The van der Waals surface area contributed by atoms with Gasteiger partial charge in [0, 0.05) is 16.1 Å². The summed E-state index contributed by atoms with van der Waals surface area (Å²) in [6, 6.07) is 11.2. The third-order valence-electron chi connectivity index (χ3n) is 3.19. The Hall–Kier alpha value is -0.930. The van der Waals surface area contributed by atoms with Crippen molar-refractivity contribution >= 4 is 34.8 Å². The van der Waals surface area contributed by atoms with Gasteiger partial charge in [-0.2, -0.15) is 0 Å². The van der Waals surface area contributed by atoms with Gasteiger partial charge in [0.05, 0.1) is 18.2 Å². The summed E-state index contributed by atoms with van der Waals surface area (Å²) in [5, 5.41) is 5.26. The lowest BCUT2D eigenvalue weighted by molar-refractivity contribution is 0.414. The number of benzene rings is 2. The van der Waals surface area contributed by atoms with Gasteiger partial charge < -0.3 is 10.1 Å². The molecule has 0 aliphatic heterocycles. The average Bonchev–Trinajstić information content (AvgIpc) is 2.48. The van der Waals surface area contributed by atoms with E-state index in [1.54, 1.807) is 13.2 Å². The fourth-order valence-corrected chi connectivity index (χ4v) is 2.83. The van der Waals surface area contributed by atoms with E-state index in [2.05, 4.69) is 5.32 Å². The van der Waals surface area contributed by atoms with Crippen LogP contribution in [0.25, 0.3) is 0 Å². The first-order valence-corrected chi connectivity index (χ1v) is 7.72. The van der Waals surface area contributed by atoms with Crippen LogP contribution in [0.1, 0.15) is 24.1 Å². The van der Waals surface area contributed by atoms with Crippen molar-refractivity contribution < 1.29 is 4.74 Å². The normalized spacial score (nSPS) is 12.2. The maximum Gasteiger partial charge on any atom is 0.138 e. The largest absolute Gasteiger partial charge is 0.495 e. The maximum atomic E-state index is 6.39. The van der Waals surface area contributed by atoms with E-state index in [9.17, 15) is 0 Å². The number of rotatable bonds is 5. The number of hydrogen-bond acceptors (Lipinski definition) is 2. The summed E-state index contributed by atoms with van der Waals surface area (Å²) >= 11 is 18.6. The Morgan fingerprint density at radius 1 is 1.05 bits per heavy atom. The highest BCUT2D eigenvalue weighted by Crippen LogP contribution is 2.36. The van der Waals surface area contributed by atoms with Crippen LogP contribution in [0.5, 0.6) is 5.75 Å². The van der Waals surface area contributed by atoms with E-state index in [0.717, 1.165) is 17.7 Å². The van der Waals surface area contributed by atoms with Crippen LogP contribution in [0.2, 0.25) is 15.1 Å². The molecule has 112 valence electrons. The molecule has 0 amide bonds. The Bertz CT molecular complexity index is 614. The molecule has 2 aromatic rings. The second kappa shape index (κ2) is 7.37. The van der Waals surface area contributed by atoms with Gasteiger partial charge in [0.1, 0.15) is 5.75 Å². The maximum absolute atomic E-state index is 6.39. The lowest BCUT2D eigenvalue weighted by Gasteiger charge is -2.21. The predicted octanol–water partition coefficient (Wildman–Crippen LogP) is 5.35. The van der Waals surface area contributed by atoms with Crippen molar-refractivity contribution in [2.75, 3.05) is 13.7 Å². The molecular weight excluding hydrogens is 329 g/mol. The van der Waals surface area contributed by atoms with Crippen LogP contribution < -0.4 is 10.1 Å². The van der Waals surface area contributed by atoms with Gasteiger partial charge in [0.15, 0.2) is 0 Å². The Labute approximate surface area is 140 Å². The minimum atomic E-state index is -0.0526. The summed E-state index contributed by atoms with van der Waals surface area (Å²) in [4.78, 5) is 0. The van der Waals surface area contributed by atoms with E-state index in [0.29, 0.717) is 20.8 Å². The third-order valence-corrected chi connectivity index (χ3v) is 4.07. The lowest BCUT2D eigenvalue weighted by Crippen LogP contribution is -2.22. The highest BCUT2D eigenvalue weighted by atomic mass is 35.5. The first-order chi connectivity index (χ1) is 10.1. The first kappa shape index (κ1) is 16.4. The summed E-state index contributed by atoms with van der Waals surface area (Å²) in [6.45, 7) is 2.84. The molecule has 5 heteroatoms. The van der Waals surface area contributed by atoms with Gasteiger partial charge in [-0.3, -0.25) is 0 Å². The topological polar surface area (TPSA) is 21.3 Å². The number of hydrogen-bond donors (Lipinski definition) is 1. The molecule has 0 aromatic heterocycles. The highest BCUT2D eigenvalue weighted by Gasteiger charge is 2.18. The van der Waals surface area contributed by atoms with E-state index >= 15 is 0 Å². The number of methoxy groups -OCH3 is 1. The molecule has 2 nitrogen and oxygen atoms in total. The molecule has 1 atom stereocenters. The third kappa shape index (κ3) is 3.83. The Kier molecular flexibility index (Phi) is 5.77. The Balaban J connectivity index is 2.47. The number of halogens is 3. The zero-order valence-corrected chi connectivity index (χ0v) is 14.1. The van der Waals surface area contributed by atoms with Gasteiger partial charge in [-0.1, -0.05) is 53.9 Å². The van der Waals surface area contributed by atoms with Crippen molar-refractivity contribution in [1.29, 1.82) is 0 Å². The molecule has 2 aromatic carbocycles. The standard InChI is InChI=1S/C16H16Cl3NO/c1-3-20-16(10-4-6-11(17)7-5-10)12-8-14(19)15(21-2)9-13(12)18/h4-9,16,20H,3H2,1-2H3. The Morgan fingerprint density at radius 3 is 2.29 bits per heavy atom. The summed E-state index contributed by atoms with van der Waals surface area (Å²) in [5.74, 6) is 0.566. The molecule has 0 bridgehead atoms. The second-order valence-electron chi connectivity index (χ2n) is 4.55. The molecule has 0 saturated carbocycles. The van der Waals surface area contributed by atoms with Crippen molar-refractivity contribution in [1.82, 2.24) is 5.32 Å². The smallest absolute Gasteiger partial charge is 0.138 e. The number of ether oxygens (including phenoxy) is 1. The van der Waals surface area contributed by atoms with Gasteiger partial charge in [-0.05, 0) is 35.9 Å². The van der Waals surface area contributed by atoms with Crippen LogP contribution in [0.15, 0.2) is 36.4 Å². The molecule has 0 heterocycles. The molecule has 1 unspecified atom stereocenters. The summed E-state index contributed by atoms with van der Waals surface area (Å²) in [5.41, 5.74) is 1.98. The van der Waals surface area contributed by atoms with E-state index in [4.69, 9.17) is 39.5 Å². The SMILES string of the molecule is CCNC(c1ccc(Cl)cc1)c1cc(Cl)c(OC)cc1Cl. The lowest BCUT2D eigenvalue weighted by atomic mass is 9.98. The summed E-state index contributed by atoms with van der Waals surface area (Å²) in [7, 11) is 1.57. The van der Waals surface area contributed by atoms with Crippen molar-refractivity contribution in [2.24, 2.45) is 0 Å². The van der Waals surface area contributed by atoms with E-state index in [1.807, 2.05) is 37.3 Å². The highest BCUT2D eigenvalue weighted by molar-refractivity contribution is 6.34. The van der Waals surface area contributed by atoms with Gasteiger partial charge in [-0.15, -0.1) is 0 Å². The minimum Gasteiger partial charge on any atom is -0.495 e. The molecule has 21 heavy (non-hydrogen) atoms. The fraction of sp³-hybridized carbons (Fsp3) is 0.250. The molecule has 0 fully saturated rings. The van der Waals surface area contributed by atoms with Crippen molar-refractivity contribution in [3.05, 3.63) is 62.6 Å². The van der Waals surface area contributed by atoms with Gasteiger partial charge in [0.25, 0.3) is 0 Å². The van der Waals surface area contributed by atoms with Gasteiger partial charge in [0.2, 0.25) is 0 Å². The Morgan fingerprint density at radius 2 is 1.71 bits per heavy atom. The van der Waals surface area contributed by atoms with Crippen molar-refractivity contribution in [2.45, 2.75) is 13.0 Å². The van der Waals surface area contributed by atoms with Crippen LogP contribution in [0, 0.1) is 0 Å². The van der Waals surface area contributed by atoms with E-state index in [-0.39, 0.29) is 6.04 Å². The van der Waals surface area contributed by atoms with Crippen LogP contribution in [-0.2, 0) is 0 Å². The zero-order chi connectivity index (χ0) is 15.4. The quantitative estimate of drug-likeness (QED) is 0.789. The van der Waals surface area contributed by atoms with Crippen LogP contribution in [0.3, 0.4) is 0 Å². The summed E-state index contributed by atoms with van der Waals surface area (Å²) in [6.07, 6.45) is 0. The van der Waals surface area contributed by atoms with Crippen molar-refractivity contribution in [3.8, 4) is 5.75 Å². The molecule has 2 rings (SSSR count). The molecular formula is C16H16Cl3NO. The molecule has 0 spiro atoms. The van der Waals surface area contributed by atoms with Gasteiger partial charge >= 0.3 is 0 Å². The molecule has 1 N–H and O–H groups in total. The number of nitrogens with one attached hydrogen (secondary N) is 1. The second-order valence-corrected chi connectivity index (χ2v) is 5.80. The van der Waals surface area contributed by atoms with Crippen LogP contribution >= 0.6 is 34.8 Å². The van der Waals surface area contributed by atoms with Crippen LogP contribution in [0.4, 0.5) is 0 Å². The predicted molar refractivity (Wildman–Crippen MR) is 90.0 cm³/mol. The van der Waals surface area contributed by atoms with E-state index in [1.165, 1.54) is 0 Å².